The summed E-state index contributed by atoms with van der Waals surface area (Å²) < 4.78 is 28.8. The fourth-order valence-corrected chi connectivity index (χ4v) is 0.375. The molecular weight excluding hydrogens is 157 g/mol. The number of amides is 1. The molecule has 0 aliphatic heterocycles. The molecule has 0 saturated carbocycles. The van der Waals surface area contributed by atoms with Gasteiger partial charge < -0.3 is 9.87 Å². The Morgan fingerprint density at radius 2 is 1.89 bits per heavy atom. The zero-order valence-corrected chi connectivity index (χ0v) is 7.86. The average molecular weight is 161 g/mol. The summed E-state index contributed by atoms with van der Waals surface area (Å²) in [5.74, 6) is 0. The van der Waals surface area contributed by atoms with Crippen LogP contribution >= 0.6 is 0 Å². The molecule has 9 heavy (non-hydrogen) atoms. The molecule has 0 aromatic rings. The van der Waals surface area contributed by atoms with E-state index in [1.165, 1.54) is 0 Å². The van der Waals surface area contributed by atoms with Crippen LogP contribution in [0.2, 0.25) is 0 Å². The molecule has 48 valence electrons. The van der Waals surface area contributed by atoms with Crippen molar-refractivity contribution in [2.24, 2.45) is 0 Å². The Balaban J connectivity index is 0. The van der Waals surface area contributed by atoms with Gasteiger partial charge in [-0.1, -0.05) is 0 Å². The van der Waals surface area contributed by atoms with E-state index >= 15 is 0 Å². The van der Waals surface area contributed by atoms with Crippen LogP contribution in [0.4, 0.5) is 4.79 Å². The van der Waals surface area contributed by atoms with Crippen LogP contribution in [0.3, 0.4) is 0 Å². The molecule has 0 rings (SSSR count). The van der Waals surface area contributed by atoms with Crippen LogP contribution in [0.15, 0.2) is 0 Å². The summed E-state index contributed by atoms with van der Waals surface area (Å²) in [7, 11) is -3.69. The molecule has 0 unspecified atom stereocenters. The van der Waals surface area contributed by atoms with Crippen LogP contribution in [0.25, 0.3) is 0 Å². The number of hydrogen-bond donors (Lipinski definition) is 1. The van der Waals surface area contributed by atoms with E-state index in [9.17, 15) is 17.8 Å². The normalized spacial score (nSPS) is 9.56. The maximum absolute atomic E-state index is 9.82. The number of rotatable bonds is 0. The first-order valence-corrected chi connectivity index (χ1v) is 3.07. The predicted octanol–water partition coefficient (Wildman–Crippen LogP) is -4.12. The largest absolute Gasteiger partial charge is 1.00 e. The molecule has 0 saturated heterocycles. The van der Waals surface area contributed by atoms with Gasteiger partial charge in [-0.05, 0) is 0 Å². The summed E-state index contributed by atoms with van der Waals surface area (Å²) in [6.45, 7) is 0. The van der Waals surface area contributed by atoms with Gasteiger partial charge in [-0.15, -0.1) is 0 Å². The van der Waals surface area contributed by atoms with Gasteiger partial charge >= 0.3 is 34.8 Å². The summed E-state index contributed by atoms with van der Waals surface area (Å²) in [5.41, 5.74) is 0. The minimum Gasteiger partial charge on any atom is -0.740 e. The maximum atomic E-state index is 9.82. The van der Waals surface area contributed by atoms with E-state index in [0.717, 1.165) is 7.05 Å². The van der Waals surface area contributed by atoms with E-state index in [1.807, 2.05) is 0 Å². The van der Waals surface area contributed by atoms with Crippen LogP contribution in [-0.2, 0) is 10.1 Å². The van der Waals surface area contributed by atoms with Crippen molar-refractivity contribution in [3.63, 3.8) is 0 Å². The number of carbonyl (C=O) groups excluding carboxylic acids is 1. The SMILES string of the molecule is CNC(=O)S(=O)(=O)[O-].[Na+]. The molecule has 0 aromatic carbocycles. The summed E-state index contributed by atoms with van der Waals surface area (Å²) in [5, 5.41) is 0.163. The second-order valence-corrected chi connectivity index (χ2v) is 2.27. The molecule has 0 aliphatic carbocycles. The molecule has 0 bridgehead atoms. The van der Waals surface area contributed by atoms with Crippen LogP contribution in [0, 0.1) is 0 Å². The maximum Gasteiger partial charge on any atom is 1.00 e. The van der Waals surface area contributed by atoms with Crippen molar-refractivity contribution in [1.29, 1.82) is 0 Å². The molecule has 5 nitrogen and oxygen atoms in total. The Bertz CT molecular complexity index is 185. The minimum absolute atomic E-state index is 0. The van der Waals surface area contributed by atoms with Gasteiger partial charge in [0.05, 0.1) is 0 Å². The van der Waals surface area contributed by atoms with Gasteiger partial charge in [0.15, 0.2) is 10.1 Å². The zero-order chi connectivity index (χ0) is 6.78. The summed E-state index contributed by atoms with van der Waals surface area (Å²) >= 11 is 0. The Labute approximate surface area is 74.9 Å². The van der Waals surface area contributed by atoms with E-state index < -0.39 is 15.4 Å². The Hall–Kier alpha value is 0.380. The first-order chi connectivity index (χ1) is 3.48. The molecule has 0 aromatic heterocycles. The quantitative estimate of drug-likeness (QED) is 0.289. The summed E-state index contributed by atoms with van der Waals surface area (Å²) in [6.07, 6.45) is 0. The van der Waals surface area contributed by atoms with Gasteiger partial charge in [-0.3, -0.25) is 4.79 Å². The summed E-state index contributed by atoms with van der Waals surface area (Å²) in [4.78, 5) is 9.82. The molecule has 0 spiro atoms. The Morgan fingerprint density at radius 1 is 1.56 bits per heavy atom. The Morgan fingerprint density at radius 3 is 1.89 bits per heavy atom. The van der Waals surface area contributed by atoms with Crippen LogP contribution in [0.1, 0.15) is 0 Å². The van der Waals surface area contributed by atoms with E-state index in [4.69, 9.17) is 0 Å². The standard InChI is InChI=1S/C2H5NO4S.Na/c1-3-2(4)8(5,6)7;/h1H3,(H,3,4)(H,5,6,7);/q;+1/p-1. The molecule has 0 radical (unpaired) electrons. The van der Waals surface area contributed by atoms with Gasteiger partial charge in [0.1, 0.15) is 0 Å². The minimum atomic E-state index is -4.75. The van der Waals surface area contributed by atoms with Crippen molar-refractivity contribution >= 4 is 15.4 Å². The molecule has 0 fully saturated rings. The average Bonchev–Trinajstić information content (AvgIpc) is 1.62. The van der Waals surface area contributed by atoms with Crippen molar-refractivity contribution in [2.75, 3.05) is 7.05 Å². The van der Waals surface area contributed by atoms with E-state index in [1.54, 1.807) is 5.32 Å². The second-order valence-electron chi connectivity index (χ2n) is 0.992. The van der Waals surface area contributed by atoms with Crippen molar-refractivity contribution in [1.82, 2.24) is 5.32 Å². The topological polar surface area (TPSA) is 86.3 Å². The molecule has 0 aliphatic rings. The second kappa shape index (κ2) is 4.24. The number of hydrogen-bond acceptors (Lipinski definition) is 4. The fraction of sp³-hybridized carbons (Fsp3) is 0.500. The zero-order valence-electron chi connectivity index (χ0n) is 5.04. The van der Waals surface area contributed by atoms with E-state index in [2.05, 4.69) is 0 Å². The van der Waals surface area contributed by atoms with E-state index in [-0.39, 0.29) is 29.6 Å². The van der Waals surface area contributed by atoms with Crippen LogP contribution < -0.4 is 34.9 Å². The van der Waals surface area contributed by atoms with Crippen molar-refractivity contribution < 1.29 is 47.3 Å². The van der Waals surface area contributed by atoms with Gasteiger partial charge in [-0.2, -0.15) is 0 Å². The smallest absolute Gasteiger partial charge is 0.740 e. The molecular formula is C2H4NNaO4S. The third-order valence-corrected chi connectivity index (χ3v) is 1.09. The Kier molecular flexibility index (Phi) is 5.69. The summed E-state index contributed by atoms with van der Waals surface area (Å²) in [6, 6.07) is 0. The van der Waals surface area contributed by atoms with Gasteiger partial charge in [0.2, 0.25) is 0 Å². The van der Waals surface area contributed by atoms with Crippen LogP contribution in [0.5, 0.6) is 0 Å². The van der Waals surface area contributed by atoms with Crippen molar-refractivity contribution in [3.05, 3.63) is 0 Å². The van der Waals surface area contributed by atoms with Gasteiger partial charge in [0, 0.05) is 7.05 Å². The van der Waals surface area contributed by atoms with Gasteiger partial charge in [-0.25, -0.2) is 8.42 Å². The molecule has 0 heterocycles. The molecule has 7 heteroatoms. The van der Waals surface area contributed by atoms with Crippen LogP contribution in [-0.4, -0.2) is 25.3 Å². The molecule has 0 atom stereocenters. The predicted molar refractivity (Wildman–Crippen MR) is 24.2 cm³/mol. The first-order valence-electron chi connectivity index (χ1n) is 1.66. The number of carbonyl (C=O) groups is 1. The first kappa shape index (κ1) is 12.1. The molecule has 1 amide bonds. The number of nitrogens with one attached hydrogen (secondary N) is 1. The third-order valence-electron chi connectivity index (χ3n) is 0.431. The van der Waals surface area contributed by atoms with Gasteiger partial charge in [0.25, 0.3) is 0 Å². The molecule has 1 N–H and O–H groups in total. The van der Waals surface area contributed by atoms with E-state index in [0.29, 0.717) is 0 Å². The fourth-order valence-electron chi connectivity index (χ4n) is 0.125. The monoisotopic (exact) mass is 161 g/mol. The third kappa shape index (κ3) is 4.86. The van der Waals surface area contributed by atoms with Crippen molar-refractivity contribution in [3.8, 4) is 0 Å². The van der Waals surface area contributed by atoms with Crippen molar-refractivity contribution in [2.45, 2.75) is 0 Å².